The fourth-order valence-electron chi connectivity index (χ4n) is 2.16. The van der Waals surface area contributed by atoms with Crippen molar-refractivity contribution in [2.45, 2.75) is 25.4 Å². The molecule has 0 aliphatic carbocycles. The second-order valence-electron chi connectivity index (χ2n) is 4.60. The van der Waals surface area contributed by atoms with Crippen LogP contribution in [0.5, 0.6) is 5.75 Å². The predicted molar refractivity (Wildman–Crippen MR) is 82.7 cm³/mol. The van der Waals surface area contributed by atoms with Gasteiger partial charge in [-0.25, -0.2) is 0 Å². The van der Waals surface area contributed by atoms with Gasteiger partial charge in [-0.2, -0.15) is 11.8 Å². The summed E-state index contributed by atoms with van der Waals surface area (Å²) in [7, 11) is 0. The normalized spacial score (nSPS) is 17.6. The van der Waals surface area contributed by atoms with Crippen LogP contribution >= 0.6 is 27.7 Å². The third-order valence-electron chi connectivity index (χ3n) is 3.09. The molecule has 0 radical (unpaired) electrons. The van der Waals surface area contributed by atoms with Crippen molar-refractivity contribution in [3.05, 3.63) is 28.2 Å². The van der Waals surface area contributed by atoms with Gasteiger partial charge in [-0.3, -0.25) is 0 Å². The second-order valence-corrected chi connectivity index (χ2v) is 6.50. The first-order valence-electron chi connectivity index (χ1n) is 6.44. The van der Waals surface area contributed by atoms with Crippen molar-refractivity contribution in [2.75, 3.05) is 25.1 Å². The van der Waals surface area contributed by atoms with Gasteiger partial charge < -0.3 is 10.1 Å². The molecule has 1 aliphatic rings. The highest BCUT2D eigenvalue weighted by atomic mass is 79.9. The van der Waals surface area contributed by atoms with Gasteiger partial charge in [0.1, 0.15) is 11.9 Å². The van der Waals surface area contributed by atoms with Crippen LogP contribution in [0.2, 0.25) is 0 Å². The molecular weight excluding hydrogens is 310 g/mol. The maximum absolute atomic E-state index is 5.90. The van der Waals surface area contributed by atoms with Crippen LogP contribution in [-0.2, 0) is 6.42 Å². The van der Waals surface area contributed by atoms with Crippen LogP contribution in [-0.4, -0.2) is 31.2 Å². The highest BCUT2D eigenvalue weighted by molar-refractivity contribution is 9.10. The molecule has 0 aromatic heterocycles. The third kappa shape index (κ3) is 4.18. The van der Waals surface area contributed by atoms with Gasteiger partial charge in [-0.1, -0.05) is 15.9 Å². The summed E-state index contributed by atoms with van der Waals surface area (Å²) in [4.78, 5) is 0. The maximum Gasteiger partial charge on any atom is 0.123 e. The van der Waals surface area contributed by atoms with E-state index in [1.807, 2.05) is 17.8 Å². The van der Waals surface area contributed by atoms with Gasteiger partial charge in [-0.05, 0) is 55.2 Å². The molecular formula is C14H20BrNOS. The van der Waals surface area contributed by atoms with Crippen molar-refractivity contribution >= 4 is 27.7 Å². The van der Waals surface area contributed by atoms with Crippen LogP contribution in [0.15, 0.2) is 22.7 Å². The van der Waals surface area contributed by atoms with Crippen LogP contribution in [0.4, 0.5) is 0 Å². The average Bonchev–Trinajstić information content (AvgIpc) is 2.75. The first-order valence-corrected chi connectivity index (χ1v) is 8.63. The van der Waals surface area contributed by atoms with Gasteiger partial charge >= 0.3 is 0 Å². The van der Waals surface area contributed by atoms with Crippen molar-refractivity contribution in [3.8, 4) is 5.75 Å². The Morgan fingerprint density at radius 1 is 1.44 bits per heavy atom. The average molecular weight is 330 g/mol. The quantitative estimate of drug-likeness (QED) is 0.774. The zero-order valence-corrected chi connectivity index (χ0v) is 13.1. The number of thioether (sulfide) groups is 1. The summed E-state index contributed by atoms with van der Waals surface area (Å²) in [6.07, 6.45) is 6.04. The molecule has 1 heterocycles. The number of hydrogen-bond acceptors (Lipinski definition) is 3. The predicted octanol–water partition coefficient (Wildman–Crippen LogP) is 3.49. The lowest BCUT2D eigenvalue weighted by atomic mass is 10.1. The molecule has 0 fully saturated rings. The molecule has 0 saturated carbocycles. The molecule has 1 atom stereocenters. The molecule has 2 rings (SSSR count). The van der Waals surface area contributed by atoms with E-state index in [4.69, 9.17) is 4.74 Å². The zero-order valence-electron chi connectivity index (χ0n) is 10.7. The Morgan fingerprint density at radius 3 is 3.17 bits per heavy atom. The first kappa shape index (κ1) is 14.2. The third-order valence-corrected chi connectivity index (χ3v) is 4.28. The van der Waals surface area contributed by atoms with E-state index in [0.717, 1.165) is 29.7 Å². The molecule has 1 aromatic rings. The van der Waals surface area contributed by atoms with E-state index >= 15 is 0 Å². The Kier molecular flexibility index (Phi) is 5.86. The summed E-state index contributed by atoms with van der Waals surface area (Å²) < 4.78 is 7.04. The largest absolute Gasteiger partial charge is 0.488 e. The van der Waals surface area contributed by atoms with Crippen molar-refractivity contribution in [3.63, 3.8) is 0 Å². The van der Waals surface area contributed by atoms with Crippen LogP contribution in [0.1, 0.15) is 18.4 Å². The number of unbranched alkanes of at least 4 members (excludes halogenated alkanes) is 1. The smallest absolute Gasteiger partial charge is 0.123 e. The van der Waals surface area contributed by atoms with Gasteiger partial charge in [0.05, 0.1) is 0 Å². The fraction of sp³-hybridized carbons (Fsp3) is 0.571. The van der Waals surface area contributed by atoms with Crippen molar-refractivity contribution < 1.29 is 4.74 Å². The molecule has 0 bridgehead atoms. The monoisotopic (exact) mass is 329 g/mol. The Hall–Kier alpha value is -0.190. The Morgan fingerprint density at radius 2 is 2.33 bits per heavy atom. The van der Waals surface area contributed by atoms with Crippen LogP contribution in [0, 0.1) is 0 Å². The van der Waals surface area contributed by atoms with Gasteiger partial charge in [0.25, 0.3) is 0 Å². The molecule has 1 N–H and O–H groups in total. The second kappa shape index (κ2) is 7.41. The van der Waals surface area contributed by atoms with Crippen LogP contribution < -0.4 is 10.1 Å². The van der Waals surface area contributed by atoms with E-state index in [0.29, 0.717) is 6.10 Å². The molecule has 0 amide bonds. The SMILES string of the molecule is CSCCCCNCC1Cc2cc(Br)ccc2O1. The summed E-state index contributed by atoms with van der Waals surface area (Å²) in [6, 6.07) is 6.25. The van der Waals surface area contributed by atoms with Crippen molar-refractivity contribution in [2.24, 2.45) is 0 Å². The summed E-state index contributed by atoms with van der Waals surface area (Å²) in [6.45, 7) is 2.05. The highest BCUT2D eigenvalue weighted by Crippen LogP contribution is 2.30. The molecule has 0 saturated heterocycles. The zero-order chi connectivity index (χ0) is 12.8. The van der Waals surface area contributed by atoms with Gasteiger partial charge in [0, 0.05) is 17.4 Å². The molecule has 0 spiro atoms. The Labute approximate surface area is 122 Å². The maximum atomic E-state index is 5.90. The van der Waals surface area contributed by atoms with Crippen LogP contribution in [0.25, 0.3) is 0 Å². The van der Waals surface area contributed by atoms with Gasteiger partial charge in [0.2, 0.25) is 0 Å². The van der Waals surface area contributed by atoms with E-state index in [1.54, 1.807) is 0 Å². The van der Waals surface area contributed by atoms with E-state index in [9.17, 15) is 0 Å². The number of nitrogens with one attached hydrogen (secondary N) is 1. The Bertz CT molecular complexity index is 386. The summed E-state index contributed by atoms with van der Waals surface area (Å²) in [5.41, 5.74) is 1.32. The molecule has 2 nitrogen and oxygen atoms in total. The summed E-state index contributed by atoms with van der Waals surface area (Å²) >= 11 is 5.42. The number of ether oxygens (including phenoxy) is 1. The fourth-order valence-corrected chi connectivity index (χ4v) is 3.06. The lowest BCUT2D eigenvalue weighted by molar-refractivity contribution is 0.227. The lowest BCUT2D eigenvalue weighted by Gasteiger charge is -2.11. The molecule has 1 aromatic carbocycles. The minimum Gasteiger partial charge on any atom is -0.488 e. The van der Waals surface area contributed by atoms with Gasteiger partial charge in [-0.15, -0.1) is 0 Å². The number of rotatable bonds is 7. The topological polar surface area (TPSA) is 21.3 Å². The first-order chi connectivity index (χ1) is 8.79. The molecule has 18 heavy (non-hydrogen) atoms. The minimum absolute atomic E-state index is 0.301. The lowest BCUT2D eigenvalue weighted by Crippen LogP contribution is -2.30. The number of fused-ring (bicyclic) bond motifs is 1. The van der Waals surface area contributed by atoms with Crippen molar-refractivity contribution in [1.82, 2.24) is 5.32 Å². The van der Waals surface area contributed by atoms with Crippen LogP contribution in [0.3, 0.4) is 0 Å². The number of hydrogen-bond donors (Lipinski definition) is 1. The molecule has 100 valence electrons. The van der Waals surface area contributed by atoms with Crippen molar-refractivity contribution in [1.29, 1.82) is 0 Å². The summed E-state index contributed by atoms with van der Waals surface area (Å²) in [5, 5.41) is 3.49. The van der Waals surface area contributed by atoms with Gasteiger partial charge in [0.15, 0.2) is 0 Å². The highest BCUT2D eigenvalue weighted by Gasteiger charge is 2.22. The molecule has 4 heteroatoms. The summed E-state index contributed by atoms with van der Waals surface area (Å²) in [5.74, 6) is 2.31. The molecule has 1 aliphatic heterocycles. The van der Waals surface area contributed by atoms with E-state index < -0.39 is 0 Å². The van der Waals surface area contributed by atoms with E-state index in [1.165, 1.54) is 24.2 Å². The standard InChI is InChI=1S/C14H20BrNOS/c1-18-7-3-2-6-16-10-13-9-11-8-12(15)4-5-14(11)17-13/h4-5,8,13,16H,2-3,6-7,9-10H2,1H3. The Balaban J connectivity index is 1.65. The minimum atomic E-state index is 0.301. The van der Waals surface area contributed by atoms with E-state index in [-0.39, 0.29) is 0 Å². The number of halogens is 1. The molecule has 1 unspecified atom stereocenters. The number of benzene rings is 1. The van der Waals surface area contributed by atoms with E-state index in [2.05, 4.69) is 39.6 Å².